The van der Waals surface area contributed by atoms with Crippen LogP contribution in [0, 0.1) is 0 Å². The molecule has 0 saturated carbocycles. The maximum Gasteiger partial charge on any atom is 0.411 e. The number of rotatable bonds is 3. The van der Waals surface area contributed by atoms with E-state index in [-0.39, 0.29) is 18.4 Å². The number of nitrogens with one attached hydrogen (secondary N) is 1. The molecule has 0 radical (unpaired) electrons. The van der Waals surface area contributed by atoms with Gasteiger partial charge in [0.05, 0.1) is 18.0 Å². The Morgan fingerprint density at radius 1 is 1.08 bits per heavy atom. The monoisotopic (exact) mass is 356 g/mol. The second-order valence-corrected chi connectivity index (χ2v) is 5.64. The second-order valence-electron chi connectivity index (χ2n) is 5.37. The summed E-state index contributed by atoms with van der Waals surface area (Å²) in [5, 5.41) is 2.66. The van der Waals surface area contributed by atoms with E-state index in [1.165, 1.54) is 0 Å². The van der Waals surface area contributed by atoms with Crippen molar-refractivity contribution in [1.82, 2.24) is 0 Å². The van der Waals surface area contributed by atoms with Crippen LogP contribution in [0.25, 0.3) is 12.2 Å². The van der Waals surface area contributed by atoms with Gasteiger partial charge in [-0.2, -0.15) is 0 Å². The fourth-order valence-electron chi connectivity index (χ4n) is 2.71. The number of para-hydroxylation sites is 1. The number of halogens is 1. The topological polar surface area (TPSA) is 58.6 Å². The van der Waals surface area contributed by atoms with E-state index in [1.54, 1.807) is 24.0 Å². The number of hydrogen-bond acceptors (Lipinski definition) is 3. The zero-order valence-corrected chi connectivity index (χ0v) is 14.4. The first-order valence-electron chi connectivity index (χ1n) is 7.88. The van der Waals surface area contributed by atoms with Gasteiger partial charge in [-0.3, -0.25) is 15.0 Å². The Morgan fingerprint density at radius 3 is 2.52 bits per heavy atom. The van der Waals surface area contributed by atoms with Crippen LogP contribution in [0.1, 0.15) is 18.1 Å². The summed E-state index contributed by atoms with van der Waals surface area (Å²) in [6, 6.07) is 12.9. The Balaban J connectivity index is 2.08. The smallest absolute Gasteiger partial charge is 0.411 e. The Hall–Kier alpha value is -2.79. The van der Waals surface area contributed by atoms with Crippen LogP contribution in [0.3, 0.4) is 0 Å². The van der Waals surface area contributed by atoms with Crippen molar-refractivity contribution in [2.45, 2.75) is 6.92 Å². The molecule has 0 atom stereocenters. The van der Waals surface area contributed by atoms with Crippen molar-refractivity contribution in [1.29, 1.82) is 0 Å². The maximum absolute atomic E-state index is 12.5. The van der Waals surface area contributed by atoms with Gasteiger partial charge in [-0.25, -0.2) is 4.79 Å². The van der Waals surface area contributed by atoms with Gasteiger partial charge in [0, 0.05) is 5.69 Å². The predicted molar refractivity (Wildman–Crippen MR) is 100 cm³/mol. The summed E-state index contributed by atoms with van der Waals surface area (Å²) in [4.78, 5) is 25.8. The van der Waals surface area contributed by atoms with Crippen molar-refractivity contribution in [2.75, 3.05) is 22.7 Å². The number of alkyl halides is 1. The molecule has 3 rings (SSSR count). The summed E-state index contributed by atoms with van der Waals surface area (Å²) in [5.74, 6) is -0.393. The zero-order chi connectivity index (χ0) is 17.8. The summed E-state index contributed by atoms with van der Waals surface area (Å²) in [6.07, 6.45) is 3.35. The van der Waals surface area contributed by atoms with Crippen LogP contribution in [0.2, 0.25) is 0 Å². The van der Waals surface area contributed by atoms with Gasteiger partial charge in [0.15, 0.2) is 0 Å². The number of benzene rings is 2. The number of anilines is 3. The molecule has 0 bridgehead atoms. The minimum Gasteiger partial charge on any atom is -0.450 e. The number of fused-ring (bicyclic) bond motifs is 2. The van der Waals surface area contributed by atoms with Crippen LogP contribution in [-0.4, -0.2) is 24.5 Å². The molecule has 1 heterocycles. The van der Waals surface area contributed by atoms with Gasteiger partial charge in [-0.05, 0) is 36.2 Å². The van der Waals surface area contributed by atoms with Crippen molar-refractivity contribution in [3.8, 4) is 0 Å². The molecule has 5 nitrogen and oxygen atoms in total. The van der Waals surface area contributed by atoms with Gasteiger partial charge in [0.25, 0.3) is 0 Å². The van der Waals surface area contributed by atoms with Crippen molar-refractivity contribution >= 4 is 52.8 Å². The summed E-state index contributed by atoms with van der Waals surface area (Å²) < 4.78 is 4.90. The maximum atomic E-state index is 12.5. The molecule has 1 aliphatic heterocycles. The van der Waals surface area contributed by atoms with Gasteiger partial charge in [0.1, 0.15) is 5.88 Å². The SMILES string of the molecule is CCOC(=O)Nc1ccc2c(c1)N(C(=O)CCl)c1ccccc1C=C2. The summed E-state index contributed by atoms with van der Waals surface area (Å²) in [7, 11) is 0. The molecule has 0 aromatic heterocycles. The third-order valence-corrected chi connectivity index (χ3v) is 4.01. The Morgan fingerprint density at radius 2 is 1.80 bits per heavy atom. The normalized spacial score (nSPS) is 12.0. The van der Waals surface area contributed by atoms with Gasteiger partial charge >= 0.3 is 6.09 Å². The van der Waals surface area contributed by atoms with Crippen LogP contribution < -0.4 is 10.2 Å². The molecule has 128 valence electrons. The standard InChI is InChI=1S/C19H17ClN2O3/c1-2-25-19(24)21-15-10-9-14-8-7-13-5-3-4-6-16(13)22(17(14)11-15)18(23)12-20/h3-11H,2,12H2,1H3,(H,21,24). The fraction of sp³-hybridized carbons (Fsp3) is 0.158. The quantitative estimate of drug-likeness (QED) is 0.815. The molecule has 0 saturated heterocycles. The first kappa shape index (κ1) is 17.0. The third-order valence-electron chi connectivity index (χ3n) is 3.78. The average molecular weight is 357 g/mol. The third kappa shape index (κ3) is 3.51. The molecular formula is C19H17ClN2O3. The molecule has 1 aliphatic rings. The molecule has 0 spiro atoms. The van der Waals surface area contributed by atoms with Crippen LogP contribution in [-0.2, 0) is 9.53 Å². The number of amides is 2. The zero-order valence-electron chi connectivity index (χ0n) is 13.7. The van der Waals surface area contributed by atoms with E-state index < -0.39 is 6.09 Å². The lowest BCUT2D eigenvalue weighted by atomic mass is 10.1. The van der Waals surface area contributed by atoms with Crippen LogP contribution >= 0.6 is 11.6 Å². The average Bonchev–Trinajstić information content (AvgIpc) is 2.78. The Bertz CT molecular complexity index is 848. The van der Waals surface area contributed by atoms with Crippen molar-refractivity contribution in [3.63, 3.8) is 0 Å². The lowest BCUT2D eigenvalue weighted by Gasteiger charge is -2.24. The molecule has 6 heteroatoms. The summed E-state index contributed by atoms with van der Waals surface area (Å²) >= 11 is 5.84. The number of carbonyl (C=O) groups excluding carboxylic acids is 2. The molecule has 2 aromatic rings. The highest BCUT2D eigenvalue weighted by Crippen LogP contribution is 2.38. The highest BCUT2D eigenvalue weighted by molar-refractivity contribution is 6.30. The number of hydrogen-bond donors (Lipinski definition) is 1. The predicted octanol–water partition coefficient (Wildman–Crippen LogP) is 4.64. The molecule has 25 heavy (non-hydrogen) atoms. The highest BCUT2D eigenvalue weighted by Gasteiger charge is 2.23. The molecule has 2 aromatic carbocycles. The molecule has 0 aliphatic carbocycles. The van der Waals surface area contributed by atoms with Crippen molar-refractivity contribution < 1.29 is 14.3 Å². The van der Waals surface area contributed by atoms with E-state index >= 15 is 0 Å². The first-order valence-corrected chi connectivity index (χ1v) is 8.41. The number of ether oxygens (including phenoxy) is 1. The van der Waals surface area contributed by atoms with Crippen LogP contribution in [0.4, 0.5) is 21.9 Å². The minimum absolute atomic E-state index is 0.149. The highest BCUT2D eigenvalue weighted by atomic mass is 35.5. The van der Waals surface area contributed by atoms with E-state index in [0.29, 0.717) is 11.4 Å². The fourth-order valence-corrected chi connectivity index (χ4v) is 2.83. The van der Waals surface area contributed by atoms with E-state index in [0.717, 1.165) is 16.8 Å². The van der Waals surface area contributed by atoms with Gasteiger partial charge < -0.3 is 4.74 Å². The molecular weight excluding hydrogens is 340 g/mol. The molecule has 1 N–H and O–H groups in total. The Kier molecular flexibility index (Phi) is 5.05. The van der Waals surface area contributed by atoms with Crippen LogP contribution in [0.15, 0.2) is 42.5 Å². The second kappa shape index (κ2) is 7.40. The number of carbonyl (C=O) groups is 2. The number of nitrogens with zero attached hydrogens (tertiary/aromatic N) is 1. The van der Waals surface area contributed by atoms with E-state index in [9.17, 15) is 9.59 Å². The van der Waals surface area contributed by atoms with Crippen molar-refractivity contribution in [3.05, 3.63) is 53.6 Å². The minimum atomic E-state index is -0.540. The molecule has 2 amide bonds. The molecule has 0 unspecified atom stereocenters. The lowest BCUT2D eigenvalue weighted by Crippen LogP contribution is -2.28. The van der Waals surface area contributed by atoms with E-state index in [1.807, 2.05) is 42.5 Å². The Labute approximate surface area is 150 Å². The lowest BCUT2D eigenvalue weighted by molar-refractivity contribution is -0.115. The van der Waals surface area contributed by atoms with Crippen molar-refractivity contribution in [2.24, 2.45) is 0 Å². The first-order chi connectivity index (χ1) is 12.1. The largest absolute Gasteiger partial charge is 0.450 e. The van der Waals surface area contributed by atoms with Crippen LogP contribution in [0.5, 0.6) is 0 Å². The van der Waals surface area contributed by atoms with E-state index in [2.05, 4.69) is 5.32 Å². The van der Waals surface area contributed by atoms with Gasteiger partial charge in [-0.15, -0.1) is 11.6 Å². The van der Waals surface area contributed by atoms with Gasteiger partial charge in [-0.1, -0.05) is 36.4 Å². The van der Waals surface area contributed by atoms with E-state index in [4.69, 9.17) is 16.3 Å². The summed E-state index contributed by atoms with van der Waals surface area (Å²) in [6.45, 7) is 2.02. The van der Waals surface area contributed by atoms with Gasteiger partial charge in [0.2, 0.25) is 5.91 Å². The molecule has 0 fully saturated rings. The summed E-state index contributed by atoms with van der Waals surface area (Å²) in [5.41, 5.74) is 3.70.